The van der Waals surface area contributed by atoms with Crippen LogP contribution in [-0.4, -0.2) is 96.7 Å². The molecule has 19 heteroatoms. The topological polar surface area (TPSA) is 237 Å². The van der Waals surface area contributed by atoms with Crippen LogP contribution in [-0.2, 0) is 65.4 Å². The molecule has 0 amide bonds. The van der Waals surface area contributed by atoms with Gasteiger partial charge in [-0.3, -0.25) is 37.3 Å². The number of esters is 4. The zero-order valence-corrected chi connectivity index (χ0v) is 67.1. The Kier molecular flexibility index (Phi) is 72.5. The summed E-state index contributed by atoms with van der Waals surface area (Å²) in [7, 11) is -9.91. The molecule has 0 saturated heterocycles. The minimum atomic E-state index is -4.96. The molecule has 0 fully saturated rings. The first kappa shape index (κ1) is 98.1. The Morgan fingerprint density at radius 3 is 0.680 bits per heavy atom. The molecule has 0 rings (SSSR count). The van der Waals surface area contributed by atoms with Crippen molar-refractivity contribution < 1.29 is 80.2 Å². The molecule has 0 aliphatic carbocycles. The van der Waals surface area contributed by atoms with Crippen LogP contribution in [0, 0.1) is 5.92 Å². The fourth-order valence-corrected chi connectivity index (χ4v) is 14.2. The van der Waals surface area contributed by atoms with Gasteiger partial charge in [-0.05, 0) is 31.6 Å². The summed E-state index contributed by atoms with van der Waals surface area (Å²) in [6.07, 6.45) is 65.7. The lowest BCUT2D eigenvalue weighted by Gasteiger charge is -2.21. The van der Waals surface area contributed by atoms with Crippen LogP contribution < -0.4 is 0 Å². The molecule has 0 bridgehead atoms. The molecule has 0 radical (unpaired) electrons. The summed E-state index contributed by atoms with van der Waals surface area (Å²) in [5.74, 6) is -1.31. The third kappa shape index (κ3) is 74.3. The molecular formula is C81H158O17P2. The maximum atomic E-state index is 13.1. The first-order valence-corrected chi connectivity index (χ1v) is 45.1. The normalized spacial score (nSPS) is 13.8. The lowest BCUT2D eigenvalue weighted by Crippen LogP contribution is -2.30. The SMILES string of the molecule is CCCCCCCCCCCCCCCCCCCCC(=O)OC[C@H](COP(=O)(O)OC[C@@H](O)COP(=O)(O)OC[C@@H](COC(=O)CCCCCCC)OC(=O)CCCCCCCCCCCCCCCCCCCC)OC(=O)CCCCCCCCCCCCCCCCCCC(C)C. The van der Waals surface area contributed by atoms with Crippen molar-refractivity contribution in [1.29, 1.82) is 0 Å². The molecular weight excluding hydrogens is 1310 g/mol. The van der Waals surface area contributed by atoms with Gasteiger partial charge in [-0.1, -0.05) is 381 Å². The molecule has 100 heavy (non-hydrogen) atoms. The summed E-state index contributed by atoms with van der Waals surface area (Å²) in [6, 6.07) is 0. The van der Waals surface area contributed by atoms with Crippen LogP contribution in [0.3, 0.4) is 0 Å². The van der Waals surface area contributed by atoms with Crippen LogP contribution in [0.25, 0.3) is 0 Å². The third-order valence-electron chi connectivity index (χ3n) is 19.0. The number of rotatable bonds is 81. The van der Waals surface area contributed by atoms with E-state index in [2.05, 4.69) is 34.6 Å². The van der Waals surface area contributed by atoms with E-state index >= 15 is 0 Å². The van der Waals surface area contributed by atoms with Gasteiger partial charge < -0.3 is 33.8 Å². The van der Waals surface area contributed by atoms with Gasteiger partial charge in [0.15, 0.2) is 12.2 Å². The number of aliphatic hydroxyl groups excluding tert-OH is 1. The predicted octanol–water partition coefficient (Wildman–Crippen LogP) is 24.4. The lowest BCUT2D eigenvalue weighted by atomic mass is 10.0. The molecule has 0 aromatic rings. The van der Waals surface area contributed by atoms with Crippen molar-refractivity contribution in [3.63, 3.8) is 0 Å². The van der Waals surface area contributed by atoms with Gasteiger partial charge >= 0.3 is 39.5 Å². The Balaban J connectivity index is 5.11. The average Bonchev–Trinajstić information content (AvgIpc) is 1.16. The van der Waals surface area contributed by atoms with Gasteiger partial charge in [0.1, 0.15) is 19.3 Å². The van der Waals surface area contributed by atoms with Gasteiger partial charge in [0, 0.05) is 25.7 Å². The summed E-state index contributed by atoms with van der Waals surface area (Å²) in [5.41, 5.74) is 0. The summed E-state index contributed by atoms with van der Waals surface area (Å²) in [6.45, 7) is 7.28. The van der Waals surface area contributed by atoms with Crippen molar-refractivity contribution >= 4 is 39.5 Å². The number of phosphoric acid groups is 2. The van der Waals surface area contributed by atoms with E-state index in [1.165, 1.54) is 250 Å². The van der Waals surface area contributed by atoms with Gasteiger partial charge in [-0.15, -0.1) is 0 Å². The Morgan fingerprint density at radius 1 is 0.270 bits per heavy atom. The van der Waals surface area contributed by atoms with Crippen LogP contribution in [0.2, 0.25) is 0 Å². The van der Waals surface area contributed by atoms with Crippen LogP contribution in [0.15, 0.2) is 0 Å². The van der Waals surface area contributed by atoms with Crippen molar-refractivity contribution in [3.05, 3.63) is 0 Å². The van der Waals surface area contributed by atoms with E-state index < -0.39 is 97.5 Å². The second-order valence-corrected chi connectivity index (χ2v) is 32.5. The first-order valence-electron chi connectivity index (χ1n) is 42.1. The molecule has 0 saturated carbocycles. The number of hydrogen-bond acceptors (Lipinski definition) is 15. The molecule has 0 heterocycles. The molecule has 0 aromatic heterocycles. The maximum Gasteiger partial charge on any atom is 0.472 e. The molecule has 17 nitrogen and oxygen atoms in total. The molecule has 594 valence electrons. The number of phosphoric ester groups is 2. The number of carbonyl (C=O) groups is 4. The van der Waals surface area contributed by atoms with E-state index in [0.717, 1.165) is 102 Å². The van der Waals surface area contributed by atoms with E-state index in [9.17, 15) is 43.2 Å². The standard InChI is InChI=1S/C81H158O17P2/c1-6-9-12-15-17-19-21-23-25-27-29-34-38-42-46-50-55-60-65-79(84)92-71-77(98-81(86)67-62-57-52-48-44-40-36-32-31-33-37-41-45-49-54-58-63-74(4)5)73-96-100(89,90)94-69-75(82)68-93-99(87,88)95-72-76(70-91-78(83)64-59-53-14-11-8-3)97-80(85)66-61-56-51-47-43-39-35-30-28-26-24-22-20-18-16-13-10-7-2/h74-77,82H,6-73H2,1-5H3,(H,87,88)(H,89,90)/t75-,76+,77+/m0/s1. The molecule has 0 spiro atoms. The Labute approximate surface area is 613 Å². The van der Waals surface area contributed by atoms with Crippen molar-refractivity contribution in [2.75, 3.05) is 39.6 Å². The zero-order chi connectivity index (χ0) is 73.4. The van der Waals surface area contributed by atoms with Gasteiger partial charge in [-0.2, -0.15) is 0 Å². The van der Waals surface area contributed by atoms with Gasteiger partial charge in [-0.25, -0.2) is 9.13 Å². The Morgan fingerprint density at radius 2 is 0.460 bits per heavy atom. The molecule has 0 aliphatic rings. The number of unbranched alkanes of at least 4 members (excludes halogenated alkanes) is 53. The van der Waals surface area contributed by atoms with Gasteiger partial charge in [0.05, 0.1) is 26.4 Å². The highest BCUT2D eigenvalue weighted by molar-refractivity contribution is 7.47. The highest BCUT2D eigenvalue weighted by atomic mass is 31.2. The minimum Gasteiger partial charge on any atom is -0.462 e. The summed E-state index contributed by atoms with van der Waals surface area (Å²) < 4.78 is 68.5. The van der Waals surface area contributed by atoms with Crippen LogP contribution in [0.1, 0.15) is 433 Å². The quantitative estimate of drug-likeness (QED) is 0.0222. The van der Waals surface area contributed by atoms with E-state index in [1.54, 1.807) is 0 Å². The van der Waals surface area contributed by atoms with Crippen LogP contribution >= 0.6 is 15.6 Å². The molecule has 5 atom stereocenters. The van der Waals surface area contributed by atoms with Gasteiger partial charge in [0.2, 0.25) is 0 Å². The second-order valence-electron chi connectivity index (χ2n) is 29.6. The monoisotopic (exact) mass is 1470 g/mol. The van der Waals surface area contributed by atoms with Gasteiger partial charge in [0.25, 0.3) is 0 Å². The highest BCUT2D eigenvalue weighted by Gasteiger charge is 2.30. The number of ether oxygens (including phenoxy) is 4. The average molecular weight is 1470 g/mol. The largest absolute Gasteiger partial charge is 0.472 e. The van der Waals surface area contributed by atoms with Crippen LogP contribution in [0.5, 0.6) is 0 Å². The molecule has 0 aliphatic heterocycles. The van der Waals surface area contributed by atoms with E-state index in [0.29, 0.717) is 25.7 Å². The maximum absolute atomic E-state index is 13.1. The van der Waals surface area contributed by atoms with Crippen molar-refractivity contribution in [3.8, 4) is 0 Å². The molecule has 0 aromatic carbocycles. The number of hydrogen-bond donors (Lipinski definition) is 3. The van der Waals surface area contributed by atoms with Crippen molar-refractivity contribution in [1.82, 2.24) is 0 Å². The molecule has 3 N–H and O–H groups in total. The Hall–Kier alpha value is -1.94. The van der Waals surface area contributed by atoms with Crippen LogP contribution in [0.4, 0.5) is 0 Å². The summed E-state index contributed by atoms with van der Waals surface area (Å²) >= 11 is 0. The first-order chi connectivity index (χ1) is 48.5. The lowest BCUT2D eigenvalue weighted by molar-refractivity contribution is -0.161. The highest BCUT2D eigenvalue weighted by Crippen LogP contribution is 2.45. The summed E-state index contributed by atoms with van der Waals surface area (Å²) in [4.78, 5) is 72.7. The minimum absolute atomic E-state index is 0.108. The van der Waals surface area contributed by atoms with E-state index in [-0.39, 0.29) is 25.7 Å². The third-order valence-corrected chi connectivity index (χ3v) is 20.9. The fraction of sp³-hybridized carbons (Fsp3) is 0.951. The van der Waals surface area contributed by atoms with E-state index in [1.807, 2.05) is 0 Å². The Bertz CT molecular complexity index is 1910. The fourth-order valence-electron chi connectivity index (χ4n) is 12.6. The number of aliphatic hydroxyl groups is 1. The number of carbonyl (C=O) groups excluding carboxylic acids is 4. The summed E-state index contributed by atoms with van der Waals surface area (Å²) in [5, 5.41) is 10.6. The smallest absolute Gasteiger partial charge is 0.462 e. The van der Waals surface area contributed by atoms with Crippen molar-refractivity contribution in [2.24, 2.45) is 5.92 Å². The zero-order valence-electron chi connectivity index (χ0n) is 65.3. The second kappa shape index (κ2) is 73.9. The molecule has 2 unspecified atom stereocenters. The predicted molar refractivity (Wildman–Crippen MR) is 409 cm³/mol. The van der Waals surface area contributed by atoms with Crippen molar-refractivity contribution in [2.45, 2.75) is 451 Å². The van der Waals surface area contributed by atoms with E-state index in [4.69, 9.17) is 37.0 Å².